The monoisotopic (exact) mass is 1120 g/mol. The molecule has 9 rings (SSSR count). The molecule has 3 heterocycles. The number of hydrogen-bond acceptors (Lipinski definition) is 4. The van der Waals surface area contributed by atoms with Crippen LogP contribution >= 0.6 is 0 Å². The summed E-state index contributed by atoms with van der Waals surface area (Å²) < 4.78 is 9.35. The maximum absolute atomic E-state index is 7.12. The van der Waals surface area contributed by atoms with E-state index in [1.165, 1.54) is 44.8 Å². The van der Waals surface area contributed by atoms with Crippen LogP contribution in [0.1, 0.15) is 144 Å². The van der Waals surface area contributed by atoms with Crippen molar-refractivity contribution in [3.05, 3.63) is 198 Å². The summed E-state index contributed by atoms with van der Waals surface area (Å²) in [6, 6.07) is 55.9. The molecule has 1 aliphatic heterocycles. The Kier molecular flexibility index (Phi) is 14.0. The molecule has 71 heavy (non-hydrogen) atoms. The minimum Gasteiger partial charge on any atom is -0.509 e. The molecule has 0 unspecified atom stereocenters. The van der Waals surface area contributed by atoms with Crippen molar-refractivity contribution >= 4 is 33.2 Å². The van der Waals surface area contributed by atoms with E-state index in [0.717, 1.165) is 44.6 Å². The Morgan fingerprint density at radius 1 is 0.535 bits per heavy atom. The van der Waals surface area contributed by atoms with Gasteiger partial charge in [0.25, 0.3) is 0 Å². The van der Waals surface area contributed by atoms with E-state index in [1.54, 1.807) is 0 Å². The molecule has 0 amide bonds. The van der Waals surface area contributed by atoms with Crippen LogP contribution in [0.15, 0.2) is 151 Å². The smallest absolute Gasteiger partial charge is 0.135 e. The second-order valence-corrected chi connectivity index (χ2v) is 23.5. The molecular weight excluding hydrogens is 1050 g/mol. The second kappa shape index (κ2) is 19.3. The van der Waals surface area contributed by atoms with Crippen LogP contribution in [0.2, 0.25) is 0 Å². The fourth-order valence-corrected chi connectivity index (χ4v) is 10.4. The summed E-state index contributed by atoms with van der Waals surface area (Å²) in [6.07, 6.45) is 1.92. The van der Waals surface area contributed by atoms with Crippen molar-refractivity contribution in [1.82, 2.24) is 9.55 Å². The molecule has 0 aliphatic carbocycles. The summed E-state index contributed by atoms with van der Waals surface area (Å²) in [4.78, 5) is 9.76. The minimum absolute atomic E-state index is 0. The Balaban J connectivity index is 0.00000676. The first kappa shape index (κ1) is 51.5. The van der Waals surface area contributed by atoms with Gasteiger partial charge < -0.3 is 19.1 Å². The van der Waals surface area contributed by atoms with Gasteiger partial charge >= 0.3 is 0 Å². The molecule has 1 aliphatic rings. The Bertz CT molecular complexity index is 3240. The maximum Gasteiger partial charge on any atom is 0.135 e. The van der Waals surface area contributed by atoms with Crippen molar-refractivity contribution in [2.45, 2.75) is 127 Å². The van der Waals surface area contributed by atoms with Gasteiger partial charge in [-0.05, 0) is 86.3 Å². The van der Waals surface area contributed by atoms with E-state index in [2.05, 4.69) is 264 Å². The maximum atomic E-state index is 7.12. The Hall–Kier alpha value is -5.90. The summed E-state index contributed by atoms with van der Waals surface area (Å²) in [5.74, 6) is 2.68. The third-order valence-electron chi connectivity index (χ3n) is 14.1. The first-order valence-electron chi connectivity index (χ1n) is 25.2. The number of hydrogen-bond donors (Lipinski definition) is 0. The van der Waals surface area contributed by atoms with E-state index in [-0.39, 0.29) is 42.7 Å². The van der Waals surface area contributed by atoms with E-state index in [1.807, 2.05) is 12.3 Å². The van der Waals surface area contributed by atoms with Crippen LogP contribution in [-0.4, -0.2) is 9.55 Å². The van der Waals surface area contributed by atoms with E-state index >= 15 is 0 Å². The number of para-hydroxylation sites is 1. The van der Waals surface area contributed by atoms with Gasteiger partial charge in [-0.25, -0.2) is 4.98 Å². The summed E-state index contributed by atoms with van der Waals surface area (Å²) in [5, 5.41) is 2.24. The molecule has 0 radical (unpaired) electrons. The third kappa shape index (κ3) is 9.89. The number of fused-ring (bicyclic) bond motifs is 3. The number of aromatic nitrogens is 2. The summed E-state index contributed by atoms with van der Waals surface area (Å²) in [7, 11) is 0. The van der Waals surface area contributed by atoms with Crippen molar-refractivity contribution in [2.24, 2.45) is 10.8 Å². The van der Waals surface area contributed by atoms with E-state index in [4.69, 9.17) is 9.72 Å². The normalized spacial score (nSPS) is 13.8. The molecule has 0 bridgehead atoms. The predicted octanol–water partition coefficient (Wildman–Crippen LogP) is 17.9. The molecule has 5 nitrogen and oxygen atoms in total. The van der Waals surface area contributed by atoms with Gasteiger partial charge in [-0.2, -0.15) is 6.07 Å². The molecule has 6 heteroatoms. The molecule has 0 saturated carbocycles. The molecule has 0 N–H and O–H groups in total. The van der Waals surface area contributed by atoms with Crippen molar-refractivity contribution in [2.75, 3.05) is 9.80 Å². The van der Waals surface area contributed by atoms with Crippen molar-refractivity contribution in [1.29, 1.82) is 0 Å². The standard InChI is InChI=1S/C65H71N4O.Pt/c1-42(2)52-28-22-29-53(43(3)4)59(52)44-35-49(68-41-67(60(63(8,9)10)61(68)64(11,12)13)48-26-21-25-47(37-48)65(14,15)45-23-17-16-18-24-45)39-51(36-44)70-50-31-32-55-54-27-19-20-30-56(54)69(57(55)40-50)58-38-46(33-34-66-58)62(5,6)7;/h16-38,41-43H,1-15H3;/q-3;. The number of pyridine rings is 1. The zero-order valence-electron chi connectivity index (χ0n) is 44.5. The summed E-state index contributed by atoms with van der Waals surface area (Å²) >= 11 is 0. The SMILES string of the molecule is CC(C)c1cccc(C(C)C)c1-c1cc(Oc2[c-]c3c(cc2)c2ccccc2n3-c2cc(C(C)(C)C)ccn2)[c-]c(N2[CH-]N(c3cccc(C(C)(C)c4ccccc4)c3)C(C(C)(C)C)=C2C(C)(C)C)c1.[Pt]. The molecule has 2 aromatic heterocycles. The molecule has 6 aromatic carbocycles. The van der Waals surface area contributed by atoms with E-state index in [9.17, 15) is 0 Å². The van der Waals surface area contributed by atoms with Gasteiger partial charge in [-0.1, -0.05) is 188 Å². The zero-order valence-corrected chi connectivity index (χ0v) is 46.8. The van der Waals surface area contributed by atoms with Crippen molar-refractivity contribution in [3.8, 4) is 28.4 Å². The minimum atomic E-state index is -0.261. The largest absolute Gasteiger partial charge is 0.509 e. The van der Waals surface area contributed by atoms with Crippen LogP contribution in [0.4, 0.5) is 11.4 Å². The van der Waals surface area contributed by atoms with Gasteiger partial charge in [0.1, 0.15) is 5.82 Å². The Labute approximate surface area is 439 Å². The number of nitrogens with zero attached hydrogens (tertiary/aromatic N) is 4. The molecule has 370 valence electrons. The van der Waals surface area contributed by atoms with Gasteiger partial charge in [-0.3, -0.25) is 0 Å². The Morgan fingerprint density at radius 3 is 1.80 bits per heavy atom. The molecular formula is C65H71N4OPt-3. The van der Waals surface area contributed by atoms with Crippen LogP contribution in [0.5, 0.6) is 11.5 Å². The predicted molar refractivity (Wildman–Crippen MR) is 295 cm³/mol. The quantitative estimate of drug-likeness (QED) is 0.128. The first-order valence-corrected chi connectivity index (χ1v) is 25.2. The topological polar surface area (TPSA) is 33.5 Å². The average molecular weight is 1120 g/mol. The van der Waals surface area contributed by atoms with Gasteiger partial charge in [0.05, 0.1) is 0 Å². The van der Waals surface area contributed by atoms with Crippen LogP contribution < -0.4 is 14.5 Å². The molecule has 0 atom stereocenters. The van der Waals surface area contributed by atoms with E-state index in [0.29, 0.717) is 23.3 Å². The third-order valence-corrected chi connectivity index (χ3v) is 14.1. The van der Waals surface area contributed by atoms with Crippen LogP contribution in [0.3, 0.4) is 0 Å². The van der Waals surface area contributed by atoms with Crippen molar-refractivity contribution < 1.29 is 25.8 Å². The second-order valence-electron chi connectivity index (χ2n) is 23.5. The Morgan fingerprint density at radius 2 is 1.15 bits per heavy atom. The number of anilines is 2. The van der Waals surface area contributed by atoms with Crippen molar-refractivity contribution in [3.63, 3.8) is 0 Å². The number of benzene rings is 6. The molecule has 8 aromatic rings. The zero-order chi connectivity index (χ0) is 50.1. The number of rotatable bonds is 10. The fraction of sp³-hybridized carbons (Fsp3) is 0.323. The average Bonchev–Trinajstić information content (AvgIpc) is 3.90. The molecule has 0 spiro atoms. The number of ether oxygens (including phenoxy) is 1. The summed E-state index contributed by atoms with van der Waals surface area (Å²) in [6.45, 7) is 36.8. The molecule has 0 saturated heterocycles. The van der Waals surface area contributed by atoms with Crippen LogP contribution in [0, 0.1) is 29.6 Å². The number of allylic oxidation sites excluding steroid dienone is 2. The van der Waals surface area contributed by atoms with Gasteiger partial charge in [0.2, 0.25) is 0 Å². The molecule has 0 fully saturated rings. The van der Waals surface area contributed by atoms with Gasteiger partial charge in [0.15, 0.2) is 0 Å². The first-order chi connectivity index (χ1) is 33.0. The van der Waals surface area contributed by atoms with Gasteiger partial charge in [-0.15, -0.1) is 53.6 Å². The van der Waals surface area contributed by atoms with E-state index < -0.39 is 0 Å². The summed E-state index contributed by atoms with van der Waals surface area (Å²) in [5.41, 5.74) is 14.5. The van der Waals surface area contributed by atoms with Crippen LogP contribution in [-0.2, 0) is 31.9 Å². The van der Waals surface area contributed by atoms with Gasteiger partial charge in [0, 0.05) is 77.6 Å². The fourth-order valence-electron chi connectivity index (χ4n) is 10.4. The van der Waals surface area contributed by atoms with Crippen LogP contribution in [0.25, 0.3) is 38.8 Å².